The predicted molar refractivity (Wildman–Crippen MR) is 82.2 cm³/mol. The highest BCUT2D eigenvalue weighted by Gasteiger charge is 2.22. The highest BCUT2D eigenvalue weighted by atomic mass is 16.2. The van der Waals surface area contributed by atoms with Crippen LogP contribution in [0.3, 0.4) is 0 Å². The summed E-state index contributed by atoms with van der Waals surface area (Å²) < 4.78 is 0. The number of fused-ring (bicyclic) bond motifs is 1. The second-order valence-electron chi connectivity index (χ2n) is 5.53. The minimum Gasteiger partial charge on any atom is -0.345 e. The average Bonchev–Trinajstić information content (AvgIpc) is 2.53. The average molecular weight is 281 g/mol. The summed E-state index contributed by atoms with van der Waals surface area (Å²) in [5.74, 6) is 0.0388. The van der Waals surface area contributed by atoms with Gasteiger partial charge in [0, 0.05) is 38.6 Å². The lowest BCUT2D eigenvalue weighted by atomic mass is 9.89. The van der Waals surface area contributed by atoms with Gasteiger partial charge in [0.05, 0.1) is 6.04 Å². The smallest absolute Gasteiger partial charge is 0.253 e. The standard InChI is InChI=1S/C17H19N3O/c1-20(2)17(21)14-4-3-12-7-10-19-16(15(12)11-14)13-5-8-18-9-6-13/h3-6,8-9,11,16,19H,7,10H2,1-2H3. The monoisotopic (exact) mass is 281 g/mol. The van der Waals surface area contributed by atoms with Gasteiger partial charge in [0.15, 0.2) is 0 Å². The Morgan fingerprint density at radius 1 is 1.24 bits per heavy atom. The van der Waals surface area contributed by atoms with Crippen LogP contribution < -0.4 is 5.32 Å². The summed E-state index contributed by atoms with van der Waals surface area (Å²) >= 11 is 0. The highest BCUT2D eigenvalue weighted by Crippen LogP contribution is 2.29. The second-order valence-corrected chi connectivity index (χ2v) is 5.53. The zero-order valence-corrected chi connectivity index (χ0v) is 12.3. The molecule has 0 aliphatic carbocycles. The number of benzene rings is 1. The Morgan fingerprint density at radius 2 is 2.00 bits per heavy atom. The molecule has 3 rings (SSSR count). The van der Waals surface area contributed by atoms with Gasteiger partial charge in [0.2, 0.25) is 0 Å². The summed E-state index contributed by atoms with van der Waals surface area (Å²) in [4.78, 5) is 17.9. The first-order valence-electron chi connectivity index (χ1n) is 7.14. The minimum atomic E-state index is 0.0388. The number of aromatic nitrogens is 1. The summed E-state index contributed by atoms with van der Waals surface area (Å²) in [7, 11) is 3.56. The number of carbonyl (C=O) groups excluding carboxylic acids is 1. The molecule has 0 saturated carbocycles. The molecule has 1 aromatic carbocycles. The third-order valence-corrected chi connectivity index (χ3v) is 3.89. The van der Waals surface area contributed by atoms with E-state index in [0.717, 1.165) is 18.5 Å². The van der Waals surface area contributed by atoms with E-state index in [1.54, 1.807) is 31.4 Å². The summed E-state index contributed by atoms with van der Waals surface area (Å²) in [6.07, 6.45) is 4.60. The molecule has 1 unspecified atom stereocenters. The van der Waals surface area contributed by atoms with E-state index in [1.807, 2.05) is 24.3 Å². The van der Waals surface area contributed by atoms with Gasteiger partial charge in [-0.05, 0) is 47.4 Å². The molecule has 2 heterocycles. The van der Waals surface area contributed by atoms with Gasteiger partial charge in [-0.3, -0.25) is 9.78 Å². The maximum atomic E-state index is 12.2. The number of nitrogens with zero attached hydrogens (tertiary/aromatic N) is 2. The molecule has 1 N–H and O–H groups in total. The van der Waals surface area contributed by atoms with Gasteiger partial charge in [0.1, 0.15) is 0 Å². The minimum absolute atomic E-state index is 0.0388. The number of carbonyl (C=O) groups is 1. The van der Waals surface area contributed by atoms with Crippen molar-refractivity contribution >= 4 is 5.91 Å². The molecule has 108 valence electrons. The highest BCUT2D eigenvalue weighted by molar-refractivity contribution is 5.94. The lowest BCUT2D eigenvalue weighted by Crippen LogP contribution is -2.31. The van der Waals surface area contributed by atoms with Crippen LogP contribution in [0.1, 0.15) is 33.1 Å². The van der Waals surface area contributed by atoms with E-state index in [4.69, 9.17) is 0 Å². The van der Waals surface area contributed by atoms with Gasteiger partial charge in [0.25, 0.3) is 5.91 Å². The molecule has 1 aliphatic heterocycles. The van der Waals surface area contributed by atoms with Crippen LogP contribution in [0, 0.1) is 0 Å². The van der Waals surface area contributed by atoms with E-state index < -0.39 is 0 Å². The van der Waals surface area contributed by atoms with Crippen LogP contribution in [-0.2, 0) is 6.42 Å². The Morgan fingerprint density at radius 3 is 2.71 bits per heavy atom. The Labute approximate surface area is 124 Å². The Kier molecular flexibility index (Phi) is 3.71. The van der Waals surface area contributed by atoms with Crippen LogP contribution in [0.5, 0.6) is 0 Å². The molecule has 1 aliphatic rings. The molecule has 1 amide bonds. The van der Waals surface area contributed by atoms with Crippen molar-refractivity contribution in [3.05, 3.63) is 65.0 Å². The number of amides is 1. The fourth-order valence-electron chi connectivity index (χ4n) is 2.80. The Hall–Kier alpha value is -2.20. The number of hydrogen-bond acceptors (Lipinski definition) is 3. The maximum absolute atomic E-state index is 12.2. The van der Waals surface area contributed by atoms with Crippen molar-refractivity contribution in [2.75, 3.05) is 20.6 Å². The summed E-state index contributed by atoms with van der Waals surface area (Å²) in [5.41, 5.74) is 4.42. The molecular weight excluding hydrogens is 262 g/mol. The molecule has 4 nitrogen and oxygen atoms in total. The van der Waals surface area contributed by atoms with Crippen molar-refractivity contribution < 1.29 is 4.79 Å². The van der Waals surface area contributed by atoms with Crippen LogP contribution in [-0.4, -0.2) is 36.4 Å². The van der Waals surface area contributed by atoms with Gasteiger partial charge >= 0.3 is 0 Å². The quantitative estimate of drug-likeness (QED) is 0.916. The molecule has 0 bridgehead atoms. The first kappa shape index (κ1) is 13.8. The van der Waals surface area contributed by atoms with Gasteiger partial charge < -0.3 is 10.2 Å². The van der Waals surface area contributed by atoms with E-state index in [-0.39, 0.29) is 11.9 Å². The van der Waals surface area contributed by atoms with Crippen molar-refractivity contribution in [3.63, 3.8) is 0 Å². The van der Waals surface area contributed by atoms with Gasteiger partial charge in [-0.25, -0.2) is 0 Å². The maximum Gasteiger partial charge on any atom is 0.253 e. The largest absolute Gasteiger partial charge is 0.345 e. The zero-order valence-electron chi connectivity index (χ0n) is 12.3. The van der Waals surface area contributed by atoms with Gasteiger partial charge in [-0.2, -0.15) is 0 Å². The van der Waals surface area contributed by atoms with Crippen molar-refractivity contribution in [2.45, 2.75) is 12.5 Å². The topological polar surface area (TPSA) is 45.2 Å². The van der Waals surface area contributed by atoms with Crippen LogP contribution in [0.4, 0.5) is 0 Å². The Bertz CT molecular complexity index is 652. The predicted octanol–water partition coefficient (Wildman–Crippen LogP) is 2.02. The molecular formula is C17H19N3O. The molecule has 2 aromatic rings. The molecule has 1 atom stereocenters. The summed E-state index contributed by atoms with van der Waals surface area (Å²) in [6.45, 7) is 0.945. The number of rotatable bonds is 2. The first-order valence-corrected chi connectivity index (χ1v) is 7.14. The van der Waals surface area contributed by atoms with E-state index >= 15 is 0 Å². The van der Waals surface area contributed by atoms with Crippen LogP contribution in [0.15, 0.2) is 42.7 Å². The van der Waals surface area contributed by atoms with E-state index in [2.05, 4.69) is 16.4 Å². The molecule has 0 saturated heterocycles. The van der Waals surface area contributed by atoms with Crippen molar-refractivity contribution in [1.29, 1.82) is 0 Å². The lowest BCUT2D eigenvalue weighted by molar-refractivity contribution is 0.0827. The van der Waals surface area contributed by atoms with Crippen LogP contribution in [0.25, 0.3) is 0 Å². The van der Waals surface area contributed by atoms with E-state index in [9.17, 15) is 4.79 Å². The van der Waals surface area contributed by atoms with Crippen LogP contribution in [0.2, 0.25) is 0 Å². The SMILES string of the molecule is CN(C)C(=O)c1ccc2c(c1)C(c1ccncc1)NCC2. The number of hydrogen-bond donors (Lipinski definition) is 1. The lowest BCUT2D eigenvalue weighted by Gasteiger charge is -2.28. The number of nitrogens with one attached hydrogen (secondary N) is 1. The van der Waals surface area contributed by atoms with Crippen molar-refractivity contribution in [3.8, 4) is 0 Å². The van der Waals surface area contributed by atoms with Crippen molar-refractivity contribution in [2.24, 2.45) is 0 Å². The van der Waals surface area contributed by atoms with E-state index in [0.29, 0.717) is 0 Å². The molecule has 0 fully saturated rings. The van der Waals surface area contributed by atoms with Gasteiger partial charge in [-0.15, -0.1) is 0 Å². The molecule has 4 heteroatoms. The second kappa shape index (κ2) is 5.66. The normalized spacial score (nSPS) is 17.1. The third kappa shape index (κ3) is 2.67. The summed E-state index contributed by atoms with van der Waals surface area (Å²) in [5, 5.41) is 3.53. The molecule has 21 heavy (non-hydrogen) atoms. The van der Waals surface area contributed by atoms with E-state index in [1.165, 1.54) is 16.7 Å². The molecule has 0 spiro atoms. The first-order chi connectivity index (χ1) is 10.2. The zero-order chi connectivity index (χ0) is 14.8. The number of pyridine rings is 1. The van der Waals surface area contributed by atoms with Crippen LogP contribution >= 0.6 is 0 Å². The summed E-state index contributed by atoms with van der Waals surface area (Å²) in [6, 6.07) is 10.2. The fourth-order valence-corrected chi connectivity index (χ4v) is 2.80. The third-order valence-electron chi connectivity index (χ3n) is 3.89. The van der Waals surface area contributed by atoms with Gasteiger partial charge in [-0.1, -0.05) is 6.07 Å². The Balaban J connectivity index is 2.03. The fraction of sp³-hybridized carbons (Fsp3) is 0.294. The molecule has 1 aromatic heterocycles. The van der Waals surface area contributed by atoms with Crippen molar-refractivity contribution in [1.82, 2.24) is 15.2 Å². The molecule has 0 radical (unpaired) electrons.